The van der Waals surface area contributed by atoms with Crippen molar-refractivity contribution in [3.05, 3.63) is 48.4 Å². The van der Waals surface area contributed by atoms with Crippen molar-refractivity contribution >= 4 is 11.7 Å². The molecule has 6 nitrogen and oxygen atoms in total. The third-order valence-electron chi connectivity index (χ3n) is 4.78. The molecule has 0 unspecified atom stereocenters. The van der Waals surface area contributed by atoms with E-state index < -0.39 is 0 Å². The number of nitrogens with one attached hydrogen (secondary N) is 1. The molecule has 4 rings (SSSR count). The van der Waals surface area contributed by atoms with E-state index in [2.05, 4.69) is 10.3 Å². The van der Waals surface area contributed by atoms with Crippen molar-refractivity contribution in [2.45, 2.75) is 40.2 Å². The van der Waals surface area contributed by atoms with Gasteiger partial charge in [0.1, 0.15) is 17.3 Å². The van der Waals surface area contributed by atoms with Gasteiger partial charge in [-0.15, -0.1) is 0 Å². The van der Waals surface area contributed by atoms with Crippen LogP contribution in [-0.2, 0) is 11.3 Å². The zero-order valence-electron chi connectivity index (χ0n) is 17.4. The minimum atomic E-state index is -0.298. The van der Waals surface area contributed by atoms with E-state index in [1.54, 1.807) is 18.3 Å². The predicted molar refractivity (Wildman–Crippen MR) is 114 cm³/mol. The number of amides is 1. The maximum Gasteiger partial charge on any atom is 0.226 e. The number of hydrogen-bond acceptors (Lipinski definition) is 4. The Labute approximate surface area is 175 Å². The Hall–Kier alpha value is -3.22. The number of halogens is 1. The molecule has 7 heteroatoms. The maximum absolute atomic E-state index is 13.4. The molecule has 30 heavy (non-hydrogen) atoms. The number of carbonyl (C=O) groups excluding carboxylic acids is 1. The summed E-state index contributed by atoms with van der Waals surface area (Å²) >= 11 is 0. The number of aromatic nitrogens is 3. The lowest BCUT2D eigenvalue weighted by molar-refractivity contribution is -0.117. The van der Waals surface area contributed by atoms with E-state index in [9.17, 15) is 9.18 Å². The van der Waals surface area contributed by atoms with Crippen molar-refractivity contribution in [1.82, 2.24) is 14.8 Å². The van der Waals surface area contributed by atoms with Gasteiger partial charge in [0.2, 0.25) is 11.8 Å². The average molecular weight is 408 g/mol. The summed E-state index contributed by atoms with van der Waals surface area (Å²) in [7, 11) is 0. The van der Waals surface area contributed by atoms with Crippen molar-refractivity contribution < 1.29 is 13.9 Å². The summed E-state index contributed by atoms with van der Waals surface area (Å²) in [5.41, 5.74) is 3.04. The van der Waals surface area contributed by atoms with Gasteiger partial charge in [0.05, 0.1) is 12.2 Å². The Kier molecular flexibility index (Phi) is 5.28. The lowest BCUT2D eigenvalue weighted by Gasteiger charge is -2.17. The monoisotopic (exact) mass is 408 g/mol. The molecule has 0 bridgehead atoms. The minimum absolute atomic E-state index is 0.0841. The standard InChI is InChI=1S/C23H25FN4O2/c1-23(2,3)14-19(29)26-18-13-16(9-10-25-18)20-21(15-5-7-17(24)8-6-15)27-28-11-4-12-30-22(20)28/h5-10,13H,4,11-12,14H2,1-3H3,(H,25,26,29). The van der Waals surface area contributed by atoms with Crippen LogP contribution in [-0.4, -0.2) is 27.3 Å². The highest BCUT2D eigenvalue weighted by Gasteiger charge is 2.25. The molecule has 3 aromatic rings. The fourth-order valence-electron chi connectivity index (χ4n) is 3.52. The first-order valence-corrected chi connectivity index (χ1v) is 10.1. The van der Waals surface area contributed by atoms with Gasteiger partial charge in [0.25, 0.3) is 0 Å². The molecule has 1 amide bonds. The zero-order chi connectivity index (χ0) is 21.3. The topological polar surface area (TPSA) is 69.0 Å². The van der Waals surface area contributed by atoms with Crippen LogP contribution in [0.5, 0.6) is 5.88 Å². The lowest BCUT2D eigenvalue weighted by atomic mass is 9.92. The number of anilines is 1. The van der Waals surface area contributed by atoms with E-state index in [1.165, 1.54) is 12.1 Å². The van der Waals surface area contributed by atoms with Crippen molar-refractivity contribution in [3.8, 4) is 28.3 Å². The molecule has 1 aliphatic rings. The van der Waals surface area contributed by atoms with E-state index in [4.69, 9.17) is 9.84 Å². The molecule has 0 saturated carbocycles. The average Bonchev–Trinajstić information content (AvgIpc) is 3.06. The van der Waals surface area contributed by atoms with Crippen LogP contribution in [0.1, 0.15) is 33.6 Å². The van der Waals surface area contributed by atoms with Gasteiger partial charge in [0, 0.05) is 31.1 Å². The molecule has 2 aromatic heterocycles. The second-order valence-corrected chi connectivity index (χ2v) is 8.68. The van der Waals surface area contributed by atoms with E-state index in [0.29, 0.717) is 30.4 Å². The number of carbonyl (C=O) groups is 1. The Morgan fingerprint density at radius 2 is 1.97 bits per heavy atom. The summed E-state index contributed by atoms with van der Waals surface area (Å²) in [6.45, 7) is 7.41. The highest BCUT2D eigenvalue weighted by atomic mass is 19.1. The fraction of sp³-hybridized carbons (Fsp3) is 0.348. The van der Waals surface area contributed by atoms with E-state index in [0.717, 1.165) is 29.7 Å². The van der Waals surface area contributed by atoms with Gasteiger partial charge in [-0.05, 0) is 47.4 Å². The second-order valence-electron chi connectivity index (χ2n) is 8.68. The quantitative estimate of drug-likeness (QED) is 0.666. The van der Waals surface area contributed by atoms with E-state index in [-0.39, 0.29) is 17.1 Å². The highest BCUT2D eigenvalue weighted by Crippen LogP contribution is 2.41. The number of ether oxygens (including phenoxy) is 1. The van der Waals surface area contributed by atoms with Gasteiger partial charge in [0.15, 0.2) is 0 Å². The van der Waals surface area contributed by atoms with Crippen LogP contribution in [0.2, 0.25) is 0 Å². The number of nitrogens with zero attached hydrogens (tertiary/aromatic N) is 3. The summed E-state index contributed by atoms with van der Waals surface area (Å²) in [4.78, 5) is 16.6. The molecular weight excluding hydrogens is 383 g/mol. The third-order valence-corrected chi connectivity index (χ3v) is 4.78. The Balaban J connectivity index is 1.74. The number of hydrogen-bond donors (Lipinski definition) is 1. The van der Waals surface area contributed by atoms with Crippen LogP contribution >= 0.6 is 0 Å². The number of benzene rings is 1. The summed E-state index contributed by atoms with van der Waals surface area (Å²) in [6, 6.07) is 9.94. The summed E-state index contributed by atoms with van der Waals surface area (Å²) in [5.74, 6) is 0.772. The molecule has 1 N–H and O–H groups in total. The fourth-order valence-corrected chi connectivity index (χ4v) is 3.52. The Morgan fingerprint density at radius 3 is 2.70 bits per heavy atom. The zero-order valence-corrected chi connectivity index (χ0v) is 17.4. The second kappa shape index (κ2) is 7.89. The molecule has 1 aromatic carbocycles. The third kappa shape index (κ3) is 4.35. The van der Waals surface area contributed by atoms with Crippen LogP contribution in [0.25, 0.3) is 22.4 Å². The molecular formula is C23H25FN4O2. The van der Waals surface area contributed by atoms with Crippen molar-refractivity contribution in [2.24, 2.45) is 5.41 Å². The molecule has 0 spiro atoms. The molecule has 0 saturated heterocycles. The van der Waals surface area contributed by atoms with Crippen molar-refractivity contribution in [1.29, 1.82) is 0 Å². The van der Waals surface area contributed by atoms with Crippen molar-refractivity contribution in [2.75, 3.05) is 11.9 Å². The van der Waals surface area contributed by atoms with Crippen LogP contribution in [0.15, 0.2) is 42.6 Å². The molecule has 3 heterocycles. The molecule has 0 atom stereocenters. The highest BCUT2D eigenvalue weighted by molar-refractivity contribution is 5.92. The van der Waals surface area contributed by atoms with Gasteiger partial charge in [-0.3, -0.25) is 4.79 Å². The first-order valence-electron chi connectivity index (χ1n) is 10.1. The summed E-state index contributed by atoms with van der Waals surface area (Å²) < 4.78 is 21.2. The molecule has 1 aliphatic heterocycles. The van der Waals surface area contributed by atoms with Crippen LogP contribution < -0.4 is 10.1 Å². The van der Waals surface area contributed by atoms with Gasteiger partial charge >= 0.3 is 0 Å². The SMILES string of the molecule is CC(C)(C)CC(=O)Nc1cc(-c2c(-c3ccc(F)cc3)nn3c2OCCC3)ccn1. The number of fused-ring (bicyclic) bond motifs is 1. The Bertz CT molecular complexity index is 1070. The maximum atomic E-state index is 13.4. The van der Waals surface area contributed by atoms with Gasteiger partial charge in [-0.25, -0.2) is 14.1 Å². The molecule has 0 radical (unpaired) electrons. The van der Waals surface area contributed by atoms with Gasteiger partial charge in [-0.1, -0.05) is 20.8 Å². The van der Waals surface area contributed by atoms with E-state index in [1.807, 2.05) is 37.6 Å². The van der Waals surface area contributed by atoms with Crippen LogP contribution in [0.3, 0.4) is 0 Å². The molecule has 156 valence electrons. The number of rotatable bonds is 4. The molecule has 0 aliphatic carbocycles. The first-order chi connectivity index (χ1) is 14.3. The van der Waals surface area contributed by atoms with Gasteiger partial charge in [-0.2, -0.15) is 5.10 Å². The van der Waals surface area contributed by atoms with Crippen LogP contribution in [0.4, 0.5) is 10.2 Å². The summed E-state index contributed by atoms with van der Waals surface area (Å²) in [6.07, 6.45) is 2.93. The minimum Gasteiger partial charge on any atom is -0.477 e. The first kappa shape index (κ1) is 20.1. The van der Waals surface area contributed by atoms with Crippen molar-refractivity contribution in [3.63, 3.8) is 0 Å². The number of pyridine rings is 1. The van der Waals surface area contributed by atoms with Gasteiger partial charge < -0.3 is 10.1 Å². The number of aryl methyl sites for hydroxylation is 1. The predicted octanol–water partition coefficient (Wildman–Crippen LogP) is 4.91. The largest absolute Gasteiger partial charge is 0.477 e. The smallest absolute Gasteiger partial charge is 0.226 e. The normalized spacial score (nSPS) is 13.5. The Morgan fingerprint density at radius 1 is 1.20 bits per heavy atom. The van der Waals surface area contributed by atoms with E-state index >= 15 is 0 Å². The summed E-state index contributed by atoms with van der Waals surface area (Å²) in [5, 5.41) is 7.61. The molecule has 0 fully saturated rings. The van der Waals surface area contributed by atoms with Crippen LogP contribution in [0, 0.1) is 11.2 Å². The lowest BCUT2D eigenvalue weighted by Crippen LogP contribution is -2.20.